The van der Waals surface area contributed by atoms with Crippen molar-refractivity contribution >= 4 is 11.3 Å². The first-order chi connectivity index (χ1) is 6.20. The van der Waals surface area contributed by atoms with E-state index in [1.54, 1.807) is 11.3 Å². The molecule has 1 nitrogen and oxygen atoms in total. The lowest BCUT2D eigenvalue weighted by Gasteiger charge is -2.07. The highest BCUT2D eigenvalue weighted by Gasteiger charge is 2.06. The van der Waals surface area contributed by atoms with Crippen LogP contribution in [-0.2, 0) is 0 Å². The molecule has 2 aromatic heterocycles. The molecule has 0 N–H and O–H groups in total. The molecular weight excluding hydrogens is 178 g/mol. The van der Waals surface area contributed by atoms with Gasteiger partial charge in [0.25, 0.3) is 0 Å². The van der Waals surface area contributed by atoms with Gasteiger partial charge in [-0.25, -0.2) is 0 Å². The van der Waals surface area contributed by atoms with Gasteiger partial charge < -0.3 is 4.57 Å². The molecule has 2 rings (SSSR count). The van der Waals surface area contributed by atoms with Crippen LogP contribution in [0.5, 0.6) is 0 Å². The maximum atomic E-state index is 2.30. The van der Waals surface area contributed by atoms with Gasteiger partial charge >= 0.3 is 0 Å². The Kier molecular flexibility index (Phi) is 2.00. The zero-order chi connectivity index (χ0) is 9.42. The summed E-state index contributed by atoms with van der Waals surface area (Å²) in [4.78, 5) is 1.38. The number of aryl methyl sites for hydroxylation is 3. The summed E-state index contributed by atoms with van der Waals surface area (Å²) in [5.74, 6) is 0. The van der Waals surface area contributed by atoms with Crippen LogP contribution in [-0.4, -0.2) is 4.57 Å². The van der Waals surface area contributed by atoms with Gasteiger partial charge in [-0.1, -0.05) is 0 Å². The highest BCUT2D eigenvalue weighted by Crippen LogP contribution is 2.23. The molecule has 0 atom stereocenters. The monoisotopic (exact) mass is 191 g/mol. The van der Waals surface area contributed by atoms with Gasteiger partial charge in [-0.15, -0.1) is 11.3 Å². The summed E-state index contributed by atoms with van der Waals surface area (Å²) in [7, 11) is 0. The van der Waals surface area contributed by atoms with Gasteiger partial charge in [-0.3, -0.25) is 0 Å². The van der Waals surface area contributed by atoms with E-state index in [1.807, 2.05) is 0 Å². The van der Waals surface area contributed by atoms with Gasteiger partial charge in [0.2, 0.25) is 0 Å². The second-order valence-electron chi connectivity index (χ2n) is 3.31. The standard InChI is InChI=1S/C11H13NS/c1-8-4-5-9(2)12(8)11-6-7-13-10(11)3/h4-7H,1-3H3. The van der Waals surface area contributed by atoms with Crippen LogP contribution < -0.4 is 0 Å². The van der Waals surface area contributed by atoms with Crippen LogP contribution in [0.4, 0.5) is 0 Å². The molecule has 0 fully saturated rings. The SMILES string of the molecule is Cc1sccc1-n1c(C)ccc1C. The van der Waals surface area contributed by atoms with Crippen molar-refractivity contribution in [3.63, 3.8) is 0 Å². The largest absolute Gasteiger partial charge is 0.317 e. The molecule has 0 saturated heterocycles. The molecule has 0 aromatic carbocycles. The molecule has 68 valence electrons. The van der Waals surface area contributed by atoms with Gasteiger partial charge in [0.05, 0.1) is 5.69 Å². The molecule has 0 spiro atoms. The van der Waals surface area contributed by atoms with Gasteiger partial charge in [-0.2, -0.15) is 0 Å². The summed E-state index contributed by atoms with van der Waals surface area (Å²) in [5, 5.41) is 2.14. The predicted molar refractivity (Wildman–Crippen MR) is 57.9 cm³/mol. The molecule has 2 heteroatoms. The fourth-order valence-corrected chi connectivity index (χ4v) is 2.34. The maximum Gasteiger partial charge on any atom is 0.0591 e. The molecule has 0 aliphatic carbocycles. The third kappa shape index (κ3) is 1.31. The van der Waals surface area contributed by atoms with Crippen molar-refractivity contribution in [2.24, 2.45) is 0 Å². The quantitative estimate of drug-likeness (QED) is 0.650. The van der Waals surface area contributed by atoms with Crippen LogP contribution >= 0.6 is 11.3 Å². The average Bonchev–Trinajstić information content (AvgIpc) is 2.60. The summed E-state index contributed by atoms with van der Waals surface area (Å²) in [5.41, 5.74) is 3.93. The molecule has 0 radical (unpaired) electrons. The van der Waals surface area contributed by atoms with E-state index in [-0.39, 0.29) is 0 Å². The molecule has 0 aliphatic heterocycles. The zero-order valence-electron chi connectivity index (χ0n) is 8.16. The minimum absolute atomic E-state index is 1.30. The Labute approximate surface area is 82.6 Å². The Morgan fingerprint density at radius 1 is 1.00 bits per heavy atom. The smallest absolute Gasteiger partial charge is 0.0591 e. The average molecular weight is 191 g/mol. The van der Waals surface area contributed by atoms with Crippen LogP contribution in [0.3, 0.4) is 0 Å². The normalized spacial score (nSPS) is 10.7. The van der Waals surface area contributed by atoms with E-state index in [0.29, 0.717) is 0 Å². The Balaban J connectivity index is 2.64. The molecule has 0 amide bonds. The number of thiophene rings is 1. The van der Waals surface area contributed by atoms with Crippen molar-refractivity contribution in [1.82, 2.24) is 4.57 Å². The predicted octanol–water partition coefficient (Wildman–Crippen LogP) is 3.46. The van der Waals surface area contributed by atoms with E-state index in [4.69, 9.17) is 0 Å². The Bertz CT molecular complexity index is 403. The van der Waals surface area contributed by atoms with E-state index in [2.05, 4.69) is 48.9 Å². The Hall–Kier alpha value is -1.02. The number of hydrogen-bond acceptors (Lipinski definition) is 1. The van der Waals surface area contributed by atoms with Crippen molar-refractivity contribution in [1.29, 1.82) is 0 Å². The first-order valence-corrected chi connectivity index (χ1v) is 5.27. The molecular formula is C11H13NS. The van der Waals surface area contributed by atoms with Crippen LogP contribution in [0.15, 0.2) is 23.6 Å². The van der Waals surface area contributed by atoms with E-state index >= 15 is 0 Å². The summed E-state index contributed by atoms with van der Waals surface area (Å²) >= 11 is 1.80. The van der Waals surface area contributed by atoms with E-state index < -0.39 is 0 Å². The number of rotatable bonds is 1. The first kappa shape index (κ1) is 8.57. The van der Waals surface area contributed by atoms with Gasteiger partial charge in [0.15, 0.2) is 0 Å². The van der Waals surface area contributed by atoms with Gasteiger partial charge in [0.1, 0.15) is 0 Å². The lowest BCUT2D eigenvalue weighted by molar-refractivity contribution is 0.964. The molecule has 13 heavy (non-hydrogen) atoms. The Morgan fingerprint density at radius 3 is 2.08 bits per heavy atom. The van der Waals surface area contributed by atoms with Crippen molar-refractivity contribution in [3.8, 4) is 5.69 Å². The second kappa shape index (κ2) is 3.04. The molecule has 0 saturated carbocycles. The molecule has 0 unspecified atom stereocenters. The number of hydrogen-bond donors (Lipinski definition) is 0. The first-order valence-electron chi connectivity index (χ1n) is 4.39. The number of aromatic nitrogens is 1. The van der Waals surface area contributed by atoms with Crippen LogP contribution in [0.25, 0.3) is 5.69 Å². The van der Waals surface area contributed by atoms with Gasteiger partial charge in [-0.05, 0) is 44.4 Å². The van der Waals surface area contributed by atoms with Crippen LogP contribution in [0.1, 0.15) is 16.3 Å². The van der Waals surface area contributed by atoms with E-state index in [9.17, 15) is 0 Å². The molecule has 0 bridgehead atoms. The number of nitrogens with zero attached hydrogens (tertiary/aromatic N) is 1. The lowest BCUT2D eigenvalue weighted by Crippen LogP contribution is -1.97. The van der Waals surface area contributed by atoms with E-state index in [1.165, 1.54) is 22.0 Å². The maximum absolute atomic E-state index is 2.30. The highest BCUT2D eigenvalue weighted by molar-refractivity contribution is 7.10. The molecule has 2 aromatic rings. The minimum Gasteiger partial charge on any atom is -0.317 e. The summed E-state index contributed by atoms with van der Waals surface area (Å²) < 4.78 is 2.30. The third-order valence-electron chi connectivity index (χ3n) is 2.34. The van der Waals surface area contributed by atoms with Crippen LogP contribution in [0.2, 0.25) is 0 Å². The summed E-state index contributed by atoms with van der Waals surface area (Å²) in [6.07, 6.45) is 0. The van der Waals surface area contributed by atoms with Crippen molar-refractivity contribution in [3.05, 3.63) is 39.8 Å². The highest BCUT2D eigenvalue weighted by atomic mass is 32.1. The fraction of sp³-hybridized carbons (Fsp3) is 0.273. The topological polar surface area (TPSA) is 4.93 Å². The second-order valence-corrected chi connectivity index (χ2v) is 4.43. The van der Waals surface area contributed by atoms with Gasteiger partial charge in [0, 0.05) is 16.3 Å². The van der Waals surface area contributed by atoms with Crippen molar-refractivity contribution < 1.29 is 0 Å². The lowest BCUT2D eigenvalue weighted by atomic mass is 10.3. The minimum atomic E-state index is 1.30. The summed E-state index contributed by atoms with van der Waals surface area (Å²) in [6.45, 7) is 6.45. The summed E-state index contributed by atoms with van der Waals surface area (Å²) in [6, 6.07) is 6.50. The molecule has 2 heterocycles. The zero-order valence-corrected chi connectivity index (χ0v) is 8.98. The third-order valence-corrected chi connectivity index (χ3v) is 3.18. The Morgan fingerprint density at radius 2 is 1.62 bits per heavy atom. The van der Waals surface area contributed by atoms with Crippen molar-refractivity contribution in [2.45, 2.75) is 20.8 Å². The van der Waals surface area contributed by atoms with Crippen molar-refractivity contribution in [2.75, 3.05) is 0 Å². The van der Waals surface area contributed by atoms with Crippen LogP contribution in [0, 0.1) is 20.8 Å². The fourth-order valence-electron chi connectivity index (χ4n) is 1.66. The molecule has 0 aliphatic rings. The van der Waals surface area contributed by atoms with E-state index in [0.717, 1.165) is 0 Å².